The molecule has 2 bridgehead atoms. The predicted octanol–water partition coefficient (Wildman–Crippen LogP) is 1.22. The highest BCUT2D eigenvalue weighted by atomic mass is 32.2. The lowest BCUT2D eigenvalue weighted by atomic mass is 10.1. The number of methoxy groups -OCH3 is 2. The third-order valence-corrected chi connectivity index (χ3v) is 6.29. The van der Waals surface area contributed by atoms with Gasteiger partial charge in [-0.05, 0) is 19.3 Å². The zero-order valence-electron chi connectivity index (χ0n) is 12.9. The van der Waals surface area contributed by atoms with Gasteiger partial charge in [0, 0.05) is 43.4 Å². The minimum Gasteiger partial charge on any atom is -0.497 e. The Morgan fingerprint density at radius 3 is 2.32 bits per heavy atom. The monoisotopic (exact) mass is 326 g/mol. The number of ether oxygens (including phenoxy) is 2. The van der Waals surface area contributed by atoms with E-state index >= 15 is 0 Å². The fourth-order valence-electron chi connectivity index (χ4n) is 3.21. The van der Waals surface area contributed by atoms with Crippen molar-refractivity contribution in [2.75, 3.05) is 27.3 Å². The number of benzene rings is 1. The van der Waals surface area contributed by atoms with E-state index in [0.717, 1.165) is 19.3 Å². The highest BCUT2D eigenvalue weighted by Gasteiger charge is 2.35. The Balaban J connectivity index is 1.92. The quantitative estimate of drug-likeness (QED) is 0.901. The third-order valence-electron chi connectivity index (χ3n) is 4.45. The minimum absolute atomic E-state index is 0.224. The SMILES string of the molecule is COc1cc(OC)cc(S(=O)(=O)N2CCC3CCC(C2)N3)c1. The fourth-order valence-corrected chi connectivity index (χ4v) is 4.76. The van der Waals surface area contributed by atoms with Crippen LogP contribution in [-0.2, 0) is 10.0 Å². The summed E-state index contributed by atoms with van der Waals surface area (Å²) < 4.78 is 37.8. The molecule has 3 rings (SSSR count). The summed E-state index contributed by atoms with van der Waals surface area (Å²) in [5.41, 5.74) is 0. The molecule has 2 fully saturated rings. The van der Waals surface area contributed by atoms with Gasteiger partial charge in [0.2, 0.25) is 10.0 Å². The van der Waals surface area contributed by atoms with Gasteiger partial charge in [-0.25, -0.2) is 8.42 Å². The van der Waals surface area contributed by atoms with E-state index in [9.17, 15) is 8.42 Å². The van der Waals surface area contributed by atoms with Gasteiger partial charge in [-0.3, -0.25) is 0 Å². The maximum Gasteiger partial charge on any atom is 0.243 e. The van der Waals surface area contributed by atoms with Crippen molar-refractivity contribution in [1.82, 2.24) is 9.62 Å². The molecule has 122 valence electrons. The second kappa shape index (κ2) is 6.06. The molecule has 2 heterocycles. The summed E-state index contributed by atoms with van der Waals surface area (Å²) in [5, 5.41) is 3.50. The predicted molar refractivity (Wildman–Crippen MR) is 82.9 cm³/mol. The molecule has 0 saturated carbocycles. The highest BCUT2D eigenvalue weighted by Crippen LogP contribution is 2.29. The Bertz CT molecular complexity index is 625. The largest absolute Gasteiger partial charge is 0.497 e. The Labute approximate surface area is 131 Å². The lowest BCUT2D eigenvalue weighted by molar-refractivity contribution is 0.378. The zero-order chi connectivity index (χ0) is 15.7. The summed E-state index contributed by atoms with van der Waals surface area (Å²) in [6.45, 7) is 1.08. The fraction of sp³-hybridized carbons (Fsp3) is 0.600. The maximum atomic E-state index is 12.9. The Morgan fingerprint density at radius 1 is 1.05 bits per heavy atom. The first-order chi connectivity index (χ1) is 10.5. The molecule has 0 aliphatic carbocycles. The standard InChI is InChI=1S/C15H22N2O4S/c1-20-13-7-14(21-2)9-15(8-13)22(18,19)17-6-5-11-3-4-12(10-17)16-11/h7-9,11-12,16H,3-6,10H2,1-2H3. The molecule has 0 spiro atoms. The molecule has 2 atom stereocenters. The van der Waals surface area contributed by atoms with E-state index in [2.05, 4.69) is 5.32 Å². The lowest BCUT2D eigenvalue weighted by Crippen LogP contribution is -2.39. The molecule has 22 heavy (non-hydrogen) atoms. The smallest absolute Gasteiger partial charge is 0.243 e. The molecule has 0 amide bonds. The Hall–Kier alpha value is -1.31. The molecular weight excluding hydrogens is 304 g/mol. The number of nitrogens with zero attached hydrogens (tertiary/aromatic N) is 1. The first-order valence-electron chi connectivity index (χ1n) is 7.52. The summed E-state index contributed by atoms with van der Waals surface area (Å²) >= 11 is 0. The summed E-state index contributed by atoms with van der Waals surface area (Å²) in [5.74, 6) is 0.958. The van der Waals surface area contributed by atoms with Crippen molar-refractivity contribution >= 4 is 10.0 Å². The number of fused-ring (bicyclic) bond motifs is 2. The van der Waals surface area contributed by atoms with Crippen LogP contribution in [0.25, 0.3) is 0 Å². The molecular formula is C15H22N2O4S. The van der Waals surface area contributed by atoms with Crippen LogP contribution in [0.2, 0.25) is 0 Å². The van der Waals surface area contributed by atoms with Gasteiger partial charge in [-0.2, -0.15) is 4.31 Å². The van der Waals surface area contributed by atoms with Crippen molar-refractivity contribution in [1.29, 1.82) is 0 Å². The van der Waals surface area contributed by atoms with Gasteiger partial charge in [-0.15, -0.1) is 0 Å². The van der Waals surface area contributed by atoms with Crippen molar-refractivity contribution < 1.29 is 17.9 Å². The summed E-state index contributed by atoms with van der Waals surface area (Å²) in [7, 11) is -0.512. The van der Waals surface area contributed by atoms with Crippen LogP contribution in [0, 0.1) is 0 Å². The van der Waals surface area contributed by atoms with Crippen LogP contribution in [0.3, 0.4) is 0 Å². The van der Waals surface area contributed by atoms with Crippen LogP contribution >= 0.6 is 0 Å². The first kappa shape index (κ1) is 15.6. The molecule has 0 aromatic heterocycles. The third kappa shape index (κ3) is 2.93. The van der Waals surface area contributed by atoms with Crippen molar-refractivity contribution in [2.24, 2.45) is 0 Å². The minimum atomic E-state index is -3.54. The molecule has 2 saturated heterocycles. The Morgan fingerprint density at radius 2 is 1.68 bits per heavy atom. The van der Waals surface area contributed by atoms with E-state index in [1.54, 1.807) is 22.5 Å². The average molecular weight is 326 g/mol. The topological polar surface area (TPSA) is 67.9 Å². The molecule has 7 heteroatoms. The summed E-state index contributed by atoms with van der Waals surface area (Å²) in [6, 6.07) is 5.48. The zero-order valence-corrected chi connectivity index (χ0v) is 13.7. The van der Waals surface area contributed by atoms with Gasteiger partial charge in [0.1, 0.15) is 11.5 Å². The van der Waals surface area contributed by atoms with E-state index in [4.69, 9.17) is 9.47 Å². The van der Waals surface area contributed by atoms with Crippen molar-refractivity contribution in [3.63, 3.8) is 0 Å². The van der Waals surface area contributed by atoms with Crippen LogP contribution in [0.5, 0.6) is 11.5 Å². The number of hydrogen-bond donors (Lipinski definition) is 1. The molecule has 2 unspecified atom stereocenters. The number of sulfonamides is 1. The second-order valence-electron chi connectivity index (χ2n) is 5.84. The van der Waals surface area contributed by atoms with E-state index in [0.29, 0.717) is 30.6 Å². The lowest BCUT2D eigenvalue weighted by Gasteiger charge is -2.24. The van der Waals surface area contributed by atoms with Gasteiger partial charge in [0.05, 0.1) is 19.1 Å². The van der Waals surface area contributed by atoms with Gasteiger partial charge >= 0.3 is 0 Å². The average Bonchev–Trinajstić information content (AvgIpc) is 2.85. The van der Waals surface area contributed by atoms with Gasteiger partial charge in [-0.1, -0.05) is 0 Å². The van der Waals surface area contributed by atoms with Gasteiger partial charge in [0.25, 0.3) is 0 Å². The molecule has 1 aromatic carbocycles. The van der Waals surface area contributed by atoms with Crippen LogP contribution in [0.1, 0.15) is 19.3 Å². The summed E-state index contributed by atoms with van der Waals surface area (Å²) in [4.78, 5) is 0.224. The maximum absolute atomic E-state index is 12.9. The Kier molecular flexibility index (Phi) is 4.29. The van der Waals surface area contributed by atoms with Crippen molar-refractivity contribution in [2.45, 2.75) is 36.2 Å². The molecule has 1 N–H and O–H groups in total. The van der Waals surface area contributed by atoms with Gasteiger partial charge < -0.3 is 14.8 Å². The van der Waals surface area contributed by atoms with E-state index in [1.807, 2.05) is 0 Å². The first-order valence-corrected chi connectivity index (χ1v) is 8.96. The van der Waals surface area contributed by atoms with E-state index < -0.39 is 10.0 Å². The summed E-state index contributed by atoms with van der Waals surface area (Å²) in [6.07, 6.45) is 3.04. The van der Waals surface area contributed by atoms with Gasteiger partial charge in [0.15, 0.2) is 0 Å². The van der Waals surface area contributed by atoms with E-state index in [1.165, 1.54) is 14.2 Å². The van der Waals surface area contributed by atoms with Crippen LogP contribution < -0.4 is 14.8 Å². The van der Waals surface area contributed by atoms with Crippen molar-refractivity contribution in [3.8, 4) is 11.5 Å². The highest BCUT2D eigenvalue weighted by molar-refractivity contribution is 7.89. The number of rotatable bonds is 4. The molecule has 0 radical (unpaired) electrons. The molecule has 6 nitrogen and oxygen atoms in total. The normalized spacial score (nSPS) is 25.7. The second-order valence-corrected chi connectivity index (χ2v) is 7.78. The van der Waals surface area contributed by atoms with Crippen LogP contribution in [-0.4, -0.2) is 52.1 Å². The molecule has 1 aromatic rings. The molecule has 2 aliphatic rings. The molecule has 2 aliphatic heterocycles. The number of hydrogen-bond acceptors (Lipinski definition) is 5. The number of nitrogens with one attached hydrogen (secondary N) is 1. The van der Waals surface area contributed by atoms with Crippen LogP contribution in [0.15, 0.2) is 23.1 Å². The van der Waals surface area contributed by atoms with E-state index in [-0.39, 0.29) is 10.9 Å². The van der Waals surface area contributed by atoms with Crippen molar-refractivity contribution in [3.05, 3.63) is 18.2 Å². The van der Waals surface area contributed by atoms with Crippen LogP contribution in [0.4, 0.5) is 0 Å².